The lowest BCUT2D eigenvalue weighted by molar-refractivity contribution is 0.475. The van der Waals surface area contributed by atoms with Gasteiger partial charge in [-0.15, -0.1) is 0 Å². The largest absolute Gasteiger partial charge is 0.508 e. The summed E-state index contributed by atoms with van der Waals surface area (Å²) in [6.45, 7) is 5.62. The van der Waals surface area contributed by atoms with Gasteiger partial charge in [0.1, 0.15) is 5.75 Å². The van der Waals surface area contributed by atoms with Crippen LogP contribution in [-0.2, 0) is 0 Å². The van der Waals surface area contributed by atoms with E-state index in [9.17, 15) is 0 Å². The van der Waals surface area contributed by atoms with E-state index in [4.69, 9.17) is 16.7 Å². The lowest BCUT2D eigenvalue weighted by atomic mass is 10.1. The number of hydrogen-bond acceptors (Lipinski definition) is 1. The van der Waals surface area contributed by atoms with E-state index in [0.717, 1.165) is 11.1 Å². The molecule has 0 radical (unpaired) electrons. The zero-order chi connectivity index (χ0) is 8.43. The normalized spacial score (nSPS) is 9.64. The summed E-state index contributed by atoms with van der Waals surface area (Å²) in [5.74, 6) is 0.181. The maximum atomic E-state index is 9.01. The van der Waals surface area contributed by atoms with Gasteiger partial charge in [-0.05, 0) is 36.3 Å². The van der Waals surface area contributed by atoms with E-state index in [-0.39, 0.29) is 5.75 Å². The van der Waals surface area contributed by atoms with Gasteiger partial charge in [-0.25, -0.2) is 0 Å². The van der Waals surface area contributed by atoms with Crippen molar-refractivity contribution in [2.45, 2.75) is 6.92 Å². The van der Waals surface area contributed by atoms with Gasteiger partial charge >= 0.3 is 0 Å². The van der Waals surface area contributed by atoms with Crippen molar-refractivity contribution in [2.75, 3.05) is 0 Å². The molecule has 0 atom stereocenters. The first kappa shape index (κ1) is 8.15. The molecule has 11 heavy (non-hydrogen) atoms. The van der Waals surface area contributed by atoms with Crippen LogP contribution >= 0.6 is 11.6 Å². The SMILES string of the molecule is C=C(C)c1ccc(O)cc1Cl. The Morgan fingerprint density at radius 2 is 2.18 bits per heavy atom. The molecule has 0 spiro atoms. The van der Waals surface area contributed by atoms with E-state index in [0.29, 0.717) is 5.02 Å². The highest BCUT2D eigenvalue weighted by Gasteiger charge is 2.00. The maximum Gasteiger partial charge on any atom is 0.117 e. The van der Waals surface area contributed by atoms with Gasteiger partial charge in [0.25, 0.3) is 0 Å². The van der Waals surface area contributed by atoms with Crippen LogP contribution in [-0.4, -0.2) is 5.11 Å². The third-order valence-corrected chi connectivity index (χ3v) is 1.73. The molecule has 0 unspecified atom stereocenters. The Morgan fingerprint density at radius 1 is 1.55 bits per heavy atom. The van der Waals surface area contributed by atoms with E-state index >= 15 is 0 Å². The first-order valence-corrected chi connectivity index (χ1v) is 3.63. The third-order valence-electron chi connectivity index (χ3n) is 1.41. The van der Waals surface area contributed by atoms with Crippen molar-refractivity contribution in [3.63, 3.8) is 0 Å². The Kier molecular flexibility index (Phi) is 2.20. The molecule has 0 aliphatic rings. The van der Waals surface area contributed by atoms with Gasteiger partial charge in [0.2, 0.25) is 0 Å². The van der Waals surface area contributed by atoms with Gasteiger partial charge in [-0.1, -0.05) is 18.2 Å². The van der Waals surface area contributed by atoms with E-state index in [1.165, 1.54) is 6.07 Å². The van der Waals surface area contributed by atoms with Gasteiger partial charge < -0.3 is 5.11 Å². The number of rotatable bonds is 1. The number of allylic oxidation sites excluding steroid dienone is 1. The van der Waals surface area contributed by atoms with Gasteiger partial charge in [0.15, 0.2) is 0 Å². The van der Waals surface area contributed by atoms with E-state index in [2.05, 4.69) is 6.58 Å². The molecule has 0 aromatic heterocycles. The standard InChI is InChI=1S/C9H9ClO/c1-6(2)8-4-3-7(11)5-9(8)10/h3-5,11H,1H2,2H3. The van der Waals surface area contributed by atoms with Crippen molar-refractivity contribution in [1.29, 1.82) is 0 Å². The number of halogens is 1. The lowest BCUT2D eigenvalue weighted by Gasteiger charge is -2.02. The molecule has 58 valence electrons. The molecule has 1 rings (SSSR count). The highest BCUT2D eigenvalue weighted by molar-refractivity contribution is 6.32. The van der Waals surface area contributed by atoms with Crippen LogP contribution in [0.1, 0.15) is 12.5 Å². The monoisotopic (exact) mass is 168 g/mol. The Labute approximate surface area is 70.9 Å². The van der Waals surface area contributed by atoms with Gasteiger partial charge in [0, 0.05) is 0 Å². The van der Waals surface area contributed by atoms with Crippen LogP contribution < -0.4 is 0 Å². The number of benzene rings is 1. The van der Waals surface area contributed by atoms with Crippen molar-refractivity contribution in [3.8, 4) is 5.75 Å². The molecular formula is C9H9ClO. The highest BCUT2D eigenvalue weighted by atomic mass is 35.5. The van der Waals surface area contributed by atoms with Crippen LogP contribution in [0.3, 0.4) is 0 Å². The first-order valence-electron chi connectivity index (χ1n) is 3.25. The summed E-state index contributed by atoms with van der Waals surface area (Å²) in [6, 6.07) is 4.85. The number of hydrogen-bond donors (Lipinski definition) is 1. The molecule has 0 heterocycles. The topological polar surface area (TPSA) is 20.2 Å². The zero-order valence-electron chi connectivity index (χ0n) is 6.26. The second-order valence-electron chi connectivity index (χ2n) is 2.44. The Morgan fingerprint density at radius 3 is 2.64 bits per heavy atom. The third kappa shape index (κ3) is 1.75. The molecule has 0 saturated carbocycles. The van der Waals surface area contributed by atoms with Crippen molar-refractivity contribution in [1.82, 2.24) is 0 Å². The van der Waals surface area contributed by atoms with Crippen LogP contribution in [0.25, 0.3) is 5.57 Å². The predicted molar refractivity (Wildman–Crippen MR) is 47.8 cm³/mol. The molecule has 1 aromatic carbocycles. The van der Waals surface area contributed by atoms with Gasteiger partial charge in [0.05, 0.1) is 5.02 Å². The maximum absolute atomic E-state index is 9.01. The Balaban J connectivity index is 3.20. The quantitative estimate of drug-likeness (QED) is 0.684. The first-order chi connectivity index (χ1) is 5.11. The minimum absolute atomic E-state index is 0.181. The summed E-state index contributed by atoms with van der Waals surface area (Å²) in [5, 5.41) is 9.54. The molecule has 0 aliphatic heterocycles. The molecule has 0 saturated heterocycles. The van der Waals surface area contributed by atoms with Crippen LogP contribution in [0.5, 0.6) is 5.75 Å². The fourth-order valence-corrected chi connectivity index (χ4v) is 1.19. The van der Waals surface area contributed by atoms with Crippen LogP contribution in [0.2, 0.25) is 5.02 Å². The van der Waals surface area contributed by atoms with E-state index < -0.39 is 0 Å². The molecule has 1 nitrogen and oxygen atoms in total. The summed E-state index contributed by atoms with van der Waals surface area (Å²) < 4.78 is 0. The number of aromatic hydroxyl groups is 1. The molecular weight excluding hydrogens is 160 g/mol. The molecule has 0 bridgehead atoms. The summed E-state index contributed by atoms with van der Waals surface area (Å²) in [4.78, 5) is 0. The fourth-order valence-electron chi connectivity index (χ4n) is 0.850. The summed E-state index contributed by atoms with van der Waals surface area (Å²) in [5.41, 5.74) is 1.78. The average Bonchev–Trinajstić information content (AvgIpc) is 1.85. The van der Waals surface area contributed by atoms with Gasteiger partial charge in [-0.3, -0.25) is 0 Å². The molecule has 0 fully saturated rings. The average molecular weight is 169 g/mol. The van der Waals surface area contributed by atoms with E-state index in [1.54, 1.807) is 12.1 Å². The second kappa shape index (κ2) is 2.97. The predicted octanol–water partition coefficient (Wildman–Crippen LogP) is 3.08. The van der Waals surface area contributed by atoms with Gasteiger partial charge in [-0.2, -0.15) is 0 Å². The molecule has 1 N–H and O–H groups in total. The van der Waals surface area contributed by atoms with Crippen molar-refractivity contribution in [2.24, 2.45) is 0 Å². The summed E-state index contributed by atoms with van der Waals surface area (Å²) in [7, 11) is 0. The molecule has 0 aliphatic carbocycles. The van der Waals surface area contributed by atoms with Crippen LogP contribution in [0.4, 0.5) is 0 Å². The second-order valence-corrected chi connectivity index (χ2v) is 2.85. The lowest BCUT2D eigenvalue weighted by Crippen LogP contribution is -1.78. The molecule has 1 aromatic rings. The Hall–Kier alpha value is -0.950. The minimum atomic E-state index is 0.181. The fraction of sp³-hybridized carbons (Fsp3) is 0.111. The highest BCUT2D eigenvalue weighted by Crippen LogP contribution is 2.25. The summed E-state index contributed by atoms with van der Waals surface area (Å²) in [6.07, 6.45) is 0. The van der Waals surface area contributed by atoms with Crippen molar-refractivity contribution < 1.29 is 5.11 Å². The molecule has 2 heteroatoms. The smallest absolute Gasteiger partial charge is 0.117 e. The number of phenols is 1. The Bertz CT molecular complexity index is 292. The van der Waals surface area contributed by atoms with Crippen LogP contribution in [0.15, 0.2) is 24.8 Å². The summed E-state index contributed by atoms with van der Waals surface area (Å²) >= 11 is 5.80. The van der Waals surface area contributed by atoms with Crippen molar-refractivity contribution >= 4 is 17.2 Å². The van der Waals surface area contributed by atoms with Crippen molar-refractivity contribution in [3.05, 3.63) is 35.4 Å². The number of phenolic OH excluding ortho intramolecular Hbond substituents is 1. The van der Waals surface area contributed by atoms with Crippen LogP contribution in [0, 0.1) is 0 Å². The molecule has 0 amide bonds. The minimum Gasteiger partial charge on any atom is -0.508 e. The zero-order valence-corrected chi connectivity index (χ0v) is 7.02. The van der Waals surface area contributed by atoms with E-state index in [1.807, 2.05) is 6.92 Å².